The van der Waals surface area contributed by atoms with E-state index in [4.69, 9.17) is 5.26 Å². The average Bonchev–Trinajstić information content (AvgIpc) is 2.54. The number of anilines is 1. The topological polar surface area (TPSA) is 52.9 Å². The molecule has 0 saturated carbocycles. The number of carbonyl (C=O) groups is 1. The molecule has 0 unspecified atom stereocenters. The van der Waals surface area contributed by atoms with Crippen molar-refractivity contribution in [3.63, 3.8) is 0 Å². The number of nitriles is 1. The fourth-order valence-corrected chi connectivity index (χ4v) is 1.89. The van der Waals surface area contributed by atoms with Crippen LogP contribution in [0.2, 0.25) is 0 Å². The quantitative estimate of drug-likeness (QED) is 0.682. The Labute approximate surface area is 124 Å². The van der Waals surface area contributed by atoms with Crippen LogP contribution in [0.4, 0.5) is 5.69 Å². The molecule has 0 fully saturated rings. The van der Waals surface area contributed by atoms with Gasteiger partial charge in [-0.2, -0.15) is 5.26 Å². The lowest BCUT2D eigenvalue weighted by Gasteiger charge is -2.05. The molecule has 0 aliphatic rings. The number of nitrogens with zero attached hydrogens (tertiary/aromatic N) is 1. The fourth-order valence-electron chi connectivity index (χ4n) is 1.89. The second kappa shape index (κ2) is 7.06. The highest BCUT2D eigenvalue weighted by Gasteiger charge is 2.09. The summed E-state index contributed by atoms with van der Waals surface area (Å²) < 4.78 is 0. The Morgan fingerprint density at radius 2 is 1.81 bits per heavy atom. The molecule has 0 aliphatic carbocycles. The lowest BCUT2D eigenvalue weighted by atomic mass is 10.1. The summed E-state index contributed by atoms with van der Waals surface area (Å²) in [7, 11) is 0. The molecule has 2 rings (SSSR count). The second-order valence-electron chi connectivity index (χ2n) is 4.59. The molecule has 104 valence electrons. The zero-order valence-corrected chi connectivity index (χ0v) is 11.8. The molecule has 0 atom stereocenters. The van der Waals surface area contributed by atoms with Gasteiger partial charge in [0.2, 0.25) is 0 Å². The van der Waals surface area contributed by atoms with Gasteiger partial charge >= 0.3 is 0 Å². The van der Waals surface area contributed by atoms with Gasteiger partial charge in [-0.05, 0) is 35.8 Å². The zero-order valence-electron chi connectivity index (χ0n) is 11.8. The number of aryl methyl sites for hydroxylation is 1. The Bertz CT molecular complexity index is 679. The summed E-state index contributed by atoms with van der Waals surface area (Å²) in [5, 5.41) is 11.9. The van der Waals surface area contributed by atoms with Gasteiger partial charge in [-0.15, -0.1) is 0 Å². The van der Waals surface area contributed by atoms with Gasteiger partial charge in [0.05, 0.1) is 0 Å². The normalized spacial score (nSPS) is 10.8. The van der Waals surface area contributed by atoms with Crippen LogP contribution in [0.15, 0.2) is 60.2 Å². The Kier molecular flexibility index (Phi) is 4.89. The van der Waals surface area contributed by atoms with Crippen molar-refractivity contribution in [3.05, 3.63) is 71.3 Å². The highest BCUT2D eigenvalue weighted by molar-refractivity contribution is 6.09. The van der Waals surface area contributed by atoms with E-state index in [1.807, 2.05) is 60.7 Å². The van der Waals surface area contributed by atoms with Crippen LogP contribution < -0.4 is 5.32 Å². The molecule has 1 amide bonds. The van der Waals surface area contributed by atoms with E-state index >= 15 is 0 Å². The minimum atomic E-state index is -0.398. The van der Waals surface area contributed by atoms with E-state index < -0.39 is 5.91 Å². The highest BCUT2D eigenvalue weighted by Crippen LogP contribution is 2.12. The lowest BCUT2D eigenvalue weighted by Crippen LogP contribution is -2.13. The van der Waals surface area contributed by atoms with Crippen LogP contribution in [-0.2, 0) is 11.2 Å². The zero-order chi connectivity index (χ0) is 15.1. The molecular formula is C18H16N2O. The predicted octanol–water partition coefficient (Wildman–Crippen LogP) is 3.79. The van der Waals surface area contributed by atoms with Crippen LogP contribution in [0.5, 0.6) is 0 Å². The largest absolute Gasteiger partial charge is 0.321 e. The SMILES string of the molecule is CCc1ccc(NC(=O)/C(C#N)=C\c2ccccc2)cc1. The number of nitrogens with one attached hydrogen (secondary N) is 1. The molecule has 0 heterocycles. The smallest absolute Gasteiger partial charge is 0.266 e. The second-order valence-corrected chi connectivity index (χ2v) is 4.59. The van der Waals surface area contributed by atoms with Crippen LogP contribution >= 0.6 is 0 Å². The predicted molar refractivity (Wildman–Crippen MR) is 84.5 cm³/mol. The summed E-state index contributed by atoms with van der Waals surface area (Å²) in [6, 6.07) is 18.9. The van der Waals surface area contributed by atoms with Gasteiger partial charge in [0.15, 0.2) is 0 Å². The number of hydrogen-bond donors (Lipinski definition) is 1. The van der Waals surface area contributed by atoms with Crippen molar-refractivity contribution >= 4 is 17.7 Å². The van der Waals surface area contributed by atoms with Gasteiger partial charge < -0.3 is 5.32 Å². The Balaban J connectivity index is 2.13. The number of hydrogen-bond acceptors (Lipinski definition) is 2. The van der Waals surface area contributed by atoms with E-state index in [2.05, 4.69) is 12.2 Å². The summed E-state index contributed by atoms with van der Waals surface area (Å²) in [4.78, 5) is 12.1. The Morgan fingerprint density at radius 1 is 1.14 bits per heavy atom. The third-order valence-corrected chi connectivity index (χ3v) is 3.10. The van der Waals surface area contributed by atoms with Crippen molar-refractivity contribution in [3.8, 4) is 6.07 Å². The molecule has 0 saturated heterocycles. The van der Waals surface area contributed by atoms with E-state index in [9.17, 15) is 4.79 Å². The van der Waals surface area contributed by atoms with Crippen molar-refractivity contribution in [1.82, 2.24) is 0 Å². The van der Waals surface area contributed by atoms with Gasteiger partial charge in [-0.1, -0.05) is 49.4 Å². The van der Waals surface area contributed by atoms with Crippen LogP contribution in [-0.4, -0.2) is 5.91 Å². The summed E-state index contributed by atoms with van der Waals surface area (Å²) in [6.45, 7) is 2.07. The fraction of sp³-hybridized carbons (Fsp3) is 0.111. The van der Waals surface area contributed by atoms with Crippen molar-refractivity contribution in [2.45, 2.75) is 13.3 Å². The summed E-state index contributed by atoms with van der Waals surface area (Å²) >= 11 is 0. The first-order valence-electron chi connectivity index (χ1n) is 6.80. The number of benzene rings is 2. The van der Waals surface area contributed by atoms with E-state index in [-0.39, 0.29) is 5.57 Å². The lowest BCUT2D eigenvalue weighted by molar-refractivity contribution is -0.112. The number of amides is 1. The van der Waals surface area contributed by atoms with E-state index in [1.54, 1.807) is 6.08 Å². The minimum Gasteiger partial charge on any atom is -0.321 e. The minimum absolute atomic E-state index is 0.0840. The van der Waals surface area contributed by atoms with Crippen LogP contribution in [0.1, 0.15) is 18.1 Å². The molecular weight excluding hydrogens is 260 g/mol. The molecule has 1 N–H and O–H groups in total. The highest BCUT2D eigenvalue weighted by atomic mass is 16.1. The molecule has 0 spiro atoms. The third kappa shape index (κ3) is 4.05. The van der Waals surface area contributed by atoms with Crippen LogP contribution in [0.25, 0.3) is 6.08 Å². The summed E-state index contributed by atoms with van der Waals surface area (Å²) in [5.41, 5.74) is 2.80. The molecule has 0 bridgehead atoms. The Hall–Kier alpha value is -2.86. The van der Waals surface area contributed by atoms with Crippen molar-refractivity contribution in [1.29, 1.82) is 5.26 Å². The first-order valence-corrected chi connectivity index (χ1v) is 6.80. The Morgan fingerprint density at radius 3 is 2.38 bits per heavy atom. The third-order valence-electron chi connectivity index (χ3n) is 3.10. The van der Waals surface area contributed by atoms with E-state index in [0.29, 0.717) is 5.69 Å². The molecule has 21 heavy (non-hydrogen) atoms. The van der Waals surface area contributed by atoms with Gasteiger partial charge in [0.25, 0.3) is 5.91 Å². The molecule has 3 nitrogen and oxygen atoms in total. The van der Waals surface area contributed by atoms with Crippen molar-refractivity contribution in [2.24, 2.45) is 0 Å². The van der Waals surface area contributed by atoms with Gasteiger partial charge in [-0.3, -0.25) is 4.79 Å². The number of rotatable bonds is 4. The van der Waals surface area contributed by atoms with Crippen LogP contribution in [0.3, 0.4) is 0 Å². The maximum Gasteiger partial charge on any atom is 0.266 e. The van der Waals surface area contributed by atoms with Crippen LogP contribution in [0, 0.1) is 11.3 Å². The molecule has 0 radical (unpaired) electrons. The molecule has 0 aliphatic heterocycles. The van der Waals surface area contributed by atoms with Gasteiger partial charge in [0.1, 0.15) is 11.6 Å². The average molecular weight is 276 g/mol. The number of carbonyl (C=O) groups excluding carboxylic acids is 1. The van der Waals surface area contributed by atoms with Crippen molar-refractivity contribution in [2.75, 3.05) is 5.32 Å². The standard InChI is InChI=1S/C18H16N2O/c1-2-14-8-10-17(11-9-14)20-18(21)16(13-19)12-15-6-4-3-5-7-15/h3-12H,2H2,1H3,(H,20,21)/b16-12-. The maximum atomic E-state index is 12.1. The summed E-state index contributed by atoms with van der Waals surface area (Å²) in [5.74, 6) is -0.398. The van der Waals surface area contributed by atoms with E-state index in [1.165, 1.54) is 5.56 Å². The molecule has 3 heteroatoms. The van der Waals surface area contributed by atoms with E-state index in [0.717, 1.165) is 12.0 Å². The van der Waals surface area contributed by atoms with Gasteiger partial charge in [-0.25, -0.2) is 0 Å². The maximum absolute atomic E-state index is 12.1. The molecule has 0 aromatic heterocycles. The first-order chi connectivity index (χ1) is 10.2. The molecule has 2 aromatic rings. The monoisotopic (exact) mass is 276 g/mol. The first kappa shape index (κ1) is 14.5. The summed E-state index contributed by atoms with van der Waals surface area (Å²) in [6.07, 6.45) is 2.53. The van der Waals surface area contributed by atoms with Crippen molar-refractivity contribution < 1.29 is 4.79 Å². The molecule has 2 aromatic carbocycles. The van der Waals surface area contributed by atoms with Gasteiger partial charge in [0, 0.05) is 5.69 Å².